The van der Waals surface area contributed by atoms with Crippen molar-refractivity contribution in [3.8, 4) is 0 Å². The summed E-state index contributed by atoms with van der Waals surface area (Å²) >= 11 is 0. The fourth-order valence-electron chi connectivity index (χ4n) is 4.22. The average Bonchev–Trinajstić information content (AvgIpc) is 2.38. The maximum atomic E-state index is 12.4. The van der Waals surface area contributed by atoms with Crippen LogP contribution in [-0.4, -0.2) is 23.2 Å². The Balaban J connectivity index is 1.94. The van der Waals surface area contributed by atoms with Crippen LogP contribution >= 0.6 is 0 Å². The van der Waals surface area contributed by atoms with E-state index in [-0.39, 0.29) is 23.2 Å². The van der Waals surface area contributed by atoms with Gasteiger partial charge in [0.25, 0.3) is 0 Å². The average molecular weight is 295 g/mol. The molecule has 2 bridgehead atoms. The van der Waals surface area contributed by atoms with Crippen LogP contribution < -0.4 is 5.32 Å². The Morgan fingerprint density at radius 3 is 1.86 bits per heavy atom. The van der Waals surface area contributed by atoms with E-state index in [0.717, 1.165) is 25.2 Å². The van der Waals surface area contributed by atoms with E-state index in [1.54, 1.807) is 0 Å². The summed E-state index contributed by atoms with van der Waals surface area (Å²) in [4.78, 5) is 12.4. The first-order chi connectivity index (χ1) is 9.58. The van der Waals surface area contributed by atoms with Crippen molar-refractivity contribution in [3.05, 3.63) is 0 Å². The van der Waals surface area contributed by atoms with Gasteiger partial charge in [0.15, 0.2) is 0 Å². The number of hydrogen-bond donors (Lipinski definition) is 1. The number of amides is 1. The molecular weight excluding hydrogens is 262 g/mol. The maximum absolute atomic E-state index is 12.4. The minimum Gasteiger partial charge on any atom is -0.363 e. The summed E-state index contributed by atoms with van der Waals surface area (Å²) in [5.74, 6) is 0.818. The van der Waals surface area contributed by atoms with Crippen LogP contribution in [0.4, 0.5) is 0 Å². The second kappa shape index (κ2) is 5.57. The van der Waals surface area contributed by atoms with Gasteiger partial charge < -0.3 is 10.1 Å². The highest BCUT2D eigenvalue weighted by atomic mass is 16.5. The zero-order chi connectivity index (χ0) is 15.9. The highest BCUT2D eigenvalue weighted by molar-refractivity contribution is 5.81. The summed E-state index contributed by atoms with van der Waals surface area (Å²) in [6.07, 6.45) is 6.83. The van der Waals surface area contributed by atoms with E-state index in [1.165, 1.54) is 19.3 Å². The molecule has 21 heavy (non-hydrogen) atoms. The standard InChI is InChI=1S/C18H33NO2/c1-13(2)17-7-10-18(11-8-17,12-9-17)19-15(20)14(3)21-16(4,5)6/h13-14H,7-12H2,1-6H3,(H,19,20)/t14-,17?,18?/m0/s1. The first kappa shape index (κ1) is 16.8. The topological polar surface area (TPSA) is 38.3 Å². The van der Waals surface area contributed by atoms with E-state index >= 15 is 0 Å². The molecule has 3 fully saturated rings. The molecule has 3 aliphatic carbocycles. The molecule has 0 aromatic rings. The smallest absolute Gasteiger partial charge is 0.249 e. The molecule has 3 heteroatoms. The molecule has 0 spiro atoms. The van der Waals surface area contributed by atoms with E-state index in [4.69, 9.17) is 4.74 Å². The third kappa shape index (κ3) is 3.61. The fraction of sp³-hybridized carbons (Fsp3) is 0.944. The van der Waals surface area contributed by atoms with Gasteiger partial charge in [-0.3, -0.25) is 4.79 Å². The Hall–Kier alpha value is -0.570. The summed E-state index contributed by atoms with van der Waals surface area (Å²) in [6.45, 7) is 12.6. The number of fused-ring (bicyclic) bond motifs is 3. The van der Waals surface area contributed by atoms with Crippen LogP contribution in [0.3, 0.4) is 0 Å². The van der Waals surface area contributed by atoms with Crippen LogP contribution in [0.1, 0.15) is 80.1 Å². The highest BCUT2D eigenvalue weighted by Gasteiger charge is 2.50. The van der Waals surface area contributed by atoms with Crippen LogP contribution in [0.15, 0.2) is 0 Å². The van der Waals surface area contributed by atoms with E-state index in [2.05, 4.69) is 19.2 Å². The third-order valence-electron chi connectivity index (χ3n) is 5.82. The largest absolute Gasteiger partial charge is 0.363 e. The summed E-state index contributed by atoms with van der Waals surface area (Å²) in [5.41, 5.74) is 0.309. The summed E-state index contributed by atoms with van der Waals surface area (Å²) in [6, 6.07) is 0. The van der Waals surface area contributed by atoms with Crippen molar-refractivity contribution in [3.63, 3.8) is 0 Å². The van der Waals surface area contributed by atoms with Gasteiger partial charge in [0.1, 0.15) is 6.10 Å². The first-order valence-electron chi connectivity index (χ1n) is 8.57. The number of carbonyl (C=O) groups is 1. The third-order valence-corrected chi connectivity index (χ3v) is 5.82. The Bertz CT molecular complexity index is 370. The van der Waals surface area contributed by atoms with Crippen LogP contribution in [0.25, 0.3) is 0 Å². The number of nitrogens with one attached hydrogen (secondary N) is 1. The van der Waals surface area contributed by atoms with Crippen LogP contribution in [0, 0.1) is 11.3 Å². The van der Waals surface area contributed by atoms with E-state index in [0.29, 0.717) is 5.41 Å². The van der Waals surface area contributed by atoms with Crippen molar-refractivity contribution in [1.82, 2.24) is 5.32 Å². The van der Waals surface area contributed by atoms with Crippen LogP contribution in [0.2, 0.25) is 0 Å². The molecule has 1 atom stereocenters. The van der Waals surface area contributed by atoms with Crippen molar-refractivity contribution >= 4 is 5.91 Å². The number of ether oxygens (including phenoxy) is 1. The second-order valence-corrected chi connectivity index (χ2v) is 8.66. The van der Waals surface area contributed by atoms with Crippen molar-refractivity contribution in [2.45, 2.75) is 97.3 Å². The summed E-state index contributed by atoms with van der Waals surface area (Å²) in [7, 11) is 0. The van der Waals surface area contributed by atoms with Gasteiger partial charge in [-0.05, 0) is 77.6 Å². The van der Waals surface area contributed by atoms with Gasteiger partial charge in [-0.1, -0.05) is 13.8 Å². The Morgan fingerprint density at radius 1 is 1.00 bits per heavy atom. The highest BCUT2D eigenvalue weighted by Crippen LogP contribution is 2.55. The van der Waals surface area contributed by atoms with E-state index in [1.807, 2.05) is 27.7 Å². The zero-order valence-electron chi connectivity index (χ0n) is 14.7. The van der Waals surface area contributed by atoms with Crippen LogP contribution in [0.5, 0.6) is 0 Å². The molecular formula is C18H33NO2. The first-order valence-corrected chi connectivity index (χ1v) is 8.57. The number of carbonyl (C=O) groups excluding carboxylic acids is 1. The molecule has 0 aliphatic heterocycles. The van der Waals surface area contributed by atoms with Crippen molar-refractivity contribution in [2.75, 3.05) is 0 Å². The lowest BCUT2D eigenvalue weighted by Gasteiger charge is -2.55. The molecule has 0 unspecified atom stereocenters. The normalized spacial score (nSPS) is 34.0. The molecule has 3 nitrogen and oxygen atoms in total. The number of hydrogen-bond acceptors (Lipinski definition) is 2. The predicted molar refractivity (Wildman–Crippen MR) is 86.1 cm³/mol. The minimum absolute atomic E-state index is 0.0449. The van der Waals surface area contributed by atoms with Crippen molar-refractivity contribution in [2.24, 2.45) is 11.3 Å². The SMILES string of the molecule is CC(C)C12CCC(NC(=O)[C@H](C)OC(C)(C)C)(CC1)CC2. The lowest BCUT2D eigenvalue weighted by atomic mass is 9.53. The van der Waals surface area contributed by atoms with E-state index < -0.39 is 0 Å². The van der Waals surface area contributed by atoms with Gasteiger partial charge in [0.05, 0.1) is 5.60 Å². The molecule has 0 aromatic heterocycles. The van der Waals surface area contributed by atoms with Gasteiger partial charge in [-0.15, -0.1) is 0 Å². The van der Waals surface area contributed by atoms with Crippen molar-refractivity contribution in [1.29, 1.82) is 0 Å². The predicted octanol–water partition coefficient (Wildman–Crippen LogP) is 4.06. The summed E-state index contributed by atoms with van der Waals surface area (Å²) < 4.78 is 5.79. The maximum Gasteiger partial charge on any atom is 0.249 e. The molecule has 0 aromatic carbocycles. The monoisotopic (exact) mass is 295 g/mol. The lowest BCUT2D eigenvalue weighted by Crippen LogP contribution is -2.59. The quantitative estimate of drug-likeness (QED) is 0.849. The molecule has 3 aliphatic rings. The molecule has 122 valence electrons. The van der Waals surface area contributed by atoms with Crippen molar-refractivity contribution < 1.29 is 9.53 Å². The number of rotatable bonds is 4. The second-order valence-electron chi connectivity index (χ2n) is 8.66. The zero-order valence-corrected chi connectivity index (χ0v) is 14.7. The van der Waals surface area contributed by atoms with E-state index in [9.17, 15) is 4.79 Å². The van der Waals surface area contributed by atoms with Gasteiger partial charge >= 0.3 is 0 Å². The molecule has 1 amide bonds. The Morgan fingerprint density at radius 2 is 1.48 bits per heavy atom. The molecule has 0 heterocycles. The molecule has 1 N–H and O–H groups in total. The molecule has 3 saturated carbocycles. The van der Waals surface area contributed by atoms with Crippen LogP contribution in [-0.2, 0) is 9.53 Å². The Labute approximate surface area is 130 Å². The van der Waals surface area contributed by atoms with Gasteiger partial charge in [-0.25, -0.2) is 0 Å². The van der Waals surface area contributed by atoms with Gasteiger partial charge in [-0.2, -0.15) is 0 Å². The fourth-order valence-corrected chi connectivity index (χ4v) is 4.22. The summed E-state index contributed by atoms with van der Waals surface area (Å²) in [5, 5.41) is 3.33. The Kier molecular flexibility index (Phi) is 4.45. The van der Waals surface area contributed by atoms with Gasteiger partial charge in [0.2, 0.25) is 5.91 Å². The molecule has 0 radical (unpaired) electrons. The molecule has 0 saturated heterocycles. The lowest BCUT2D eigenvalue weighted by molar-refractivity contribution is -0.145. The minimum atomic E-state index is -0.377. The van der Waals surface area contributed by atoms with Gasteiger partial charge in [0, 0.05) is 5.54 Å². The molecule has 3 rings (SSSR count).